The molecule has 1 amide bonds. The van der Waals surface area contributed by atoms with Crippen LogP contribution in [-0.4, -0.2) is 33.2 Å². The first-order valence-electron chi connectivity index (χ1n) is 6.69. The number of hydrogen-bond donors (Lipinski definition) is 1. The number of nitrogens with zero attached hydrogens (tertiary/aromatic N) is 3. The Morgan fingerprint density at radius 2 is 2.04 bits per heavy atom. The van der Waals surface area contributed by atoms with Crippen molar-refractivity contribution in [3.05, 3.63) is 51.7 Å². The molecular formula is C14H14N4O5. The van der Waals surface area contributed by atoms with Crippen molar-refractivity contribution in [3.63, 3.8) is 0 Å². The molecule has 1 aromatic heterocycles. The second kappa shape index (κ2) is 6.69. The first-order chi connectivity index (χ1) is 11.0. The maximum Gasteiger partial charge on any atom is 0.343 e. The fourth-order valence-electron chi connectivity index (χ4n) is 1.94. The molecule has 2 rings (SSSR count). The number of hydrogen-bond acceptors (Lipinski definition) is 6. The Hall–Kier alpha value is -3.23. The second-order valence-corrected chi connectivity index (χ2v) is 4.48. The highest BCUT2D eigenvalue weighted by molar-refractivity contribution is 6.09. The Bertz CT molecular complexity index is 768. The molecule has 0 aliphatic rings. The number of carbonyl (C=O) groups excluding carboxylic acids is 2. The van der Waals surface area contributed by atoms with Crippen molar-refractivity contribution in [2.45, 2.75) is 6.92 Å². The summed E-state index contributed by atoms with van der Waals surface area (Å²) in [6.45, 7) is 1.82. The zero-order chi connectivity index (χ0) is 17.0. The number of esters is 1. The van der Waals surface area contributed by atoms with Gasteiger partial charge < -0.3 is 10.1 Å². The normalized spacial score (nSPS) is 10.2. The highest BCUT2D eigenvalue weighted by Crippen LogP contribution is 2.21. The van der Waals surface area contributed by atoms with E-state index in [1.54, 1.807) is 6.92 Å². The van der Waals surface area contributed by atoms with E-state index in [-0.39, 0.29) is 29.2 Å². The molecule has 9 nitrogen and oxygen atoms in total. The number of amides is 1. The molecular weight excluding hydrogens is 304 g/mol. The topological polar surface area (TPSA) is 116 Å². The lowest BCUT2D eigenvalue weighted by Crippen LogP contribution is -2.18. The van der Waals surface area contributed by atoms with E-state index < -0.39 is 16.8 Å². The lowest BCUT2D eigenvalue weighted by atomic mass is 10.1. The van der Waals surface area contributed by atoms with Crippen LogP contribution >= 0.6 is 0 Å². The van der Waals surface area contributed by atoms with Crippen molar-refractivity contribution in [2.24, 2.45) is 7.05 Å². The number of rotatable bonds is 5. The summed E-state index contributed by atoms with van der Waals surface area (Å²) in [5, 5.41) is 17.3. The monoisotopic (exact) mass is 318 g/mol. The highest BCUT2D eigenvalue weighted by Gasteiger charge is 2.23. The maximum atomic E-state index is 12.3. The lowest BCUT2D eigenvalue weighted by Gasteiger charge is -2.08. The zero-order valence-electron chi connectivity index (χ0n) is 12.5. The molecule has 0 atom stereocenters. The second-order valence-electron chi connectivity index (χ2n) is 4.48. The number of aromatic nitrogens is 2. The molecule has 0 bridgehead atoms. The van der Waals surface area contributed by atoms with Crippen molar-refractivity contribution in [1.82, 2.24) is 9.78 Å². The van der Waals surface area contributed by atoms with Crippen LogP contribution in [0.5, 0.6) is 0 Å². The summed E-state index contributed by atoms with van der Waals surface area (Å²) in [7, 11) is 1.53. The molecule has 1 N–H and O–H groups in total. The van der Waals surface area contributed by atoms with Crippen LogP contribution in [0.2, 0.25) is 0 Å². The first kappa shape index (κ1) is 16.1. The largest absolute Gasteiger partial charge is 0.462 e. The number of nitro benzene ring substituents is 1. The number of ether oxygens (including phenoxy) is 1. The molecule has 23 heavy (non-hydrogen) atoms. The standard InChI is InChI=1S/C14H14N4O5/c1-3-23-14(20)10-8-15-17(2)12(10)16-13(19)9-6-4-5-7-11(9)18(21)22/h4-8H,3H2,1-2H3,(H,16,19). The summed E-state index contributed by atoms with van der Waals surface area (Å²) in [6.07, 6.45) is 1.26. The fraction of sp³-hybridized carbons (Fsp3) is 0.214. The third-order valence-electron chi connectivity index (χ3n) is 3.01. The predicted octanol–water partition coefficient (Wildman–Crippen LogP) is 1.76. The Labute approximate surface area is 131 Å². The first-order valence-corrected chi connectivity index (χ1v) is 6.69. The molecule has 0 unspecified atom stereocenters. The third kappa shape index (κ3) is 3.34. The van der Waals surface area contributed by atoms with E-state index >= 15 is 0 Å². The molecule has 2 aromatic rings. The van der Waals surface area contributed by atoms with Gasteiger partial charge in [-0.05, 0) is 13.0 Å². The van der Waals surface area contributed by atoms with Gasteiger partial charge in [0.15, 0.2) is 0 Å². The molecule has 0 saturated heterocycles. The molecule has 0 spiro atoms. The number of aryl methyl sites for hydroxylation is 1. The van der Waals surface area contributed by atoms with Gasteiger partial charge in [0.2, 0.25) is 0 Å². The van der Waals surface area contributed by atoms with Crippen LogP contribution in [0, 0.1) is 10.1 Å². The minimum atomic E-state index is -0.716. The number of carbonyl (C=O) groups is 2. The summed E-state index contributed by atoms with van der Waals surface area (Å²) in [5.74, 6) is -1.25. The van der Waals surface area contributed by atoms with E-state index in [1.165, 1.54) is 42.2 Å². The summed E-state index contributed by atoms with van der Waals surface area (Å²) in [4.78, 5) is 34.5. The van der Waals surface area contributed by atoms with E-state index in [1.807, 2.05) is 0 Å². The summed E-state index contributed by atoms with van der Waals surface area (Å²) >= 11 is 0. The molecule has 0 radical (unpaired) electrons. The van der Waals surface area contributed by atoms with Gasteiger partial charge in [0.1, 0.15) is 16.9 Å². The van der Waals surface area contributed by atoms with Crippen LogP contribution in [0.3, 0.4) is 0 Å². The predicted molar refractivity (Wildman–Crippen MR) is 80.2 cm³/mol. The van der Waals surface area contributed by atoms with Gasteiger partial charge in [-0.3, -0.25) is 19.6 Å². The Balaban J connectivity index is 2.33. The third-order valence-corrected chi connectivity index (χ3v) is 3.01. The van der Waals surface area contributed by atoms with Crippen LogP contribution in [0.25, 0.3) is 0 Å². The van der Waals surface area contributed by atoms with Gasteiger partial charge in [0.05, 0.1) is 17.7 Å². The van der Waals surface area contributed by atoms with Crippen molar-refractivity contribution < 1.29 is 19.2 Å². The van der Waals surface area contributed by atoms with Crippen LogP contribution < -0.4 is 5.32 Å². The minimum Gasteiger partial charge on any atom is -0.462 e. The van der Waals surface area contributed by atoms with Gasteiger partial charge in [-0.1, -0.05) is 12.1 Å². The van der Waals surface area contributed by atoms with Crippen LogP contribution in [-0.2, 0) is 11.8 Å². The van der Waals surface area contributed by atoms with Crippen molar-refractivity contribution in [1.29, 1.82) is 0 Å². The molecule has 0 aliphatic heterocycles. The number of para-hydroxylation sites is 1. The van der Waals surface area contributed by atoms with Crippen LogP contribution in [0.1, 0.15) is 27.6 Å². The smallest absolute Gasteiger partial charge is 0.343 e. The summed E-state index contributed by atoms with van der Waals surface area (Å²) in [6, 6.07) is 5.53. The maximum absolute atomic E-state index is 12.3. The van der Waals surface area contributed by atoms with Crippen molar-refractivity contribution in [2.75, 3.05) is 11.9 Å². The summed E-state index contributed by atoms with van der Waals surface area (Å²) < 4.78 is 6.16. The van der Waals surface area contributed by atoms with E-state index in [9.17, 15) is 19.7 Å². The molecule has 0 aliphatic carbocycles. The van der Waals surface area contributed by atoms with E-state index in [2.05, 4.69) is 10.4 Å². The van der Waals surface area contributed by atoms with Gasteiger partial charge >= 0.3 is 5.97 Å². The van der Waals surface area contributed by atoms with E-state index in [0.29, 0.717) is 0 Å². The van der Waals surface area contributed by atoms with Gasteiger partial charge in [0, 0.05) is 13.1 Å². The highest BCUT2D eigenvalue weighted by atomic mass is 16.6. The van der Waals surface area contributed by atoms with Gasteiger partial charge in [-0.2, -0.15) is 5.10 Å². The van der Waals surface area contributed by atoms with Crippen molar-refractivity contribution >= 4 is 23.4 Å². The van der Waals surface area contributed by atoms with Crippen LogP contribution in [0.4, 0.5) is 11.5 Å². The number of nitro groups is 1. The number of nitrogens with one attached hydrogen (secondary N) is 1. The van der Waals surface area contributed by atoms with Gasteiger partial charge in [0.25, 0.3) is 11.6 Å². The number of anilines is 1. The van der Waals surface area contributed by atoms with Crippen LogP contribution in [0.15, 0.2) is 30.5 Å². The minimum absolute atomic E-state index is 0.0706. The van der Waals surface area contributed by atoms with E-state index in [4.69, 9.17) is 4.74 Å². The average Bonchev–Trinajstić information content (AvgIpc) is 2.88. The van der Waals surface area contributed by atoms with Gasteiger partial charge in [-0.25, -0.2) is 4.79 Å². The zero-order valence-corrected chi connectivity index (χ0v) is 12.5. The average molecular weight is 318 g/mol. The van der Waals surface area contributed by atoms with Crippen molar-refractivity contribution in [3.8, 4) is 0 Å². The Morgan fingerprint density at radius 3 is 2.70 bits per heavy atom. The number of benzene rings is 1. The SMILES string of the molecule is CCOC(=O)c1cnn(C)c1NC(=O)c1ccccc1[N+](=O)[O-]. The Kier molecular flexibility index (Phi) is 4.69. The summed E-state index contributed by atoms with van der Waals surface area (Å²) in [5.41, 5.74) is -0.375. The molecule has 0 fully saturated rings. The molecule has 120 valence electrons. The Morgan fingerprint density at radius 1 is 1.35 bits per heavy atom. The quantitative estimate of drug-likeness (QED) is 0.510. The fourth-order valence-corrected chi connectivity index (χ4v) is 1.94. The van der Waals surface area contributed by atoms with E-state index in [0.717, 1.165) is 0 Å². The molecule has 1 heterocycles. The van der Waals surface area contributed by atoms with Gasteiger partial charge in [-0.15, -0.1) is 0 Å². The molecule has 0 saturated carbocycles. The molecule has 1 aromatic carbocycles. The lowest BCUT2D eigenvalue weighted by molar-refractivity contribution is -0.385. The molecule has 9 heteroatoms.